The first-order valence-corrected chi connectivity index (χ1v) is 8.64. The molecule has 0 aliphatic heterocycles. The van der Waals surface area contributed by atoms with Crippen molar-refractivity contribution in [3.63, 3.8) is 0 Å². The molecule has 1 aromatic rings. The lowest BCUT2D eigenvalue weighted by atomic mass is 10.1. The molecule has 100 valence electrons. The average Bonchev–Trinajstić information content (AvgIpc) is 2.70. The lowest BCUT2D eigenvalue weighted by Crippen LogP contribution is -2.25. The van der Waals surface area contributed by atoms with Gasteiger partial charge in [0, 0.05) is 21.5 Å². The van der Waals surface area contributed by atoms with Crippen LogP contribution in [0.3, 0.4) is 0 Å². The average molecular weight is 308 g/mol. The Kier molecular flexibility index (Phi) is 3.46. The number of amides is 1. The zero-order valence-corrected chi connectivity index (χ0v) is 12.5. The van der Waals surface area contributed by atoms with Gasteiger partial charge < -0.3 is 5.32 Å². The first-order valence-electron chi connectivity index (χ1n) is 5.51. The molecule has 0 spiro atoms. The Labute approximate surface area is 115 Å². The Morgan fingerprint density at radius 2 is 2.17 bits per heavy atom. The number of hydrogen-bond donors (Lipinski definition) is 1. The fraction of sp³-hybridized carbons (Fsp3) is 0.545. The van der Waals surface area contributed by atoms with Crippen LogP contribution < -0.4 is 5.32 Å². The number of thiophene rings is 1. The SMILES string of the molecule is CC1(C)CC1C(=O)NCc1ccc(S(=O)(=O)Cl)s1. The fourth-order valence-corrected chi connectivity index (χ4v) is 3.86. The van der Waals surface area contributed by atoms with Crippen molar-refractivity contribution in [1.29, 1.82) is 0 Å². The largest absolute Gasteiger partial charge is 0.351 e. The second kappa shape index (κ2) is 4.51. The van der Waals surface area contributed by atoms with E-state index >= 15 is 0 Å². The Morgan fingerprint density at radius 3 is 2.61 bits per heavy atom. The van der Waals surface area contributed by atoms with Gasteiger partial charge in [-0.05, 0) is 24.0 Å². The minimum atomic E-state index is -3.67. The normalized spacial score (nSPS) is 21.6. The van der Waals surface area contributed by atoms with Crippen LogP contribution in [0, 0.1) is 11.3 Å². The Balaban J connectivity index is 1.92. The zero-order chi connectivity index (χ0) is 13.6. The minimum absolute atomic E-state index is 0.0312. The first kappa shape index (κ1) is 13.8. The number of rotatable bonds is 4. The second-order valence-electron chi connectivity index (χ2n) is 5.12. The summed E-state index contributed by atoms with van der Waals surface area (Å²) in [7, 11) is 1.56. The van der Waals surface area contributed by atoms with Crippen LogP contribution in [0.4, 0.5) is 0 Å². The van der Waals surface area contributed by atoms with E-state index in [1.54, 1.807) is 6.07 Å². The van der Waals surface area contributed by atoms with Crippen LogP contribution in [-0.2, 0) is 20.4 Å². The lowest BCUT2D eigenvalue weighted by molar-refractivity contribution is -0.123. The topological polar surface area (TPSA) is 63.2 Å². The van der Waals surface area contributed by atoms with Gasteiger partial charge in [0.05, 0.1) is 6.54 Å². The van der Waals surface area contributed by atoms with Crippen LogP contribution in [0.1, 0.15) is 25.1 Å². The van der Waals surface area contributed by atoms with Crippen LogP contribution in [0.25, 0.3) is 0 Å². The van der Waals surface area contributed by atoms with Crippen molar-refractivity contribution in [1.82, 2.24) is 5.32 Å². The number of carbonyl (C=O) groups is 1. The highest BCUT2D eigenvalue weighted by molar-refractivity contribution is 8.15. The van der Waals surface area contributed by atoms with Gasteiger partial charge in [-0.15, -0.1) is 11.3 Å². The molecule has 1 aliphatic rings. The Bertz CT molecular complexity index is 577. The highest BCUT2D eigenvalue weighted by Gasteiger charge is 2.50. The smallest absolute Gasteiger partial charge is 0.270 e. The highest BCUT2D eigenvalue weighted by Crippen LogP contribution is 2.51. The van der Waals surface area contributed by atoms with Gasteiger partial charge >= 0.3 is 0 Å². The van der Waals surface area contributed by atoms with Crippen molar-refractivity contribution in [3.8, 4) is 0 Å². The van der Waals surface area contributed by atoms with E-state index in [2.05, 4.69) is 19.2 Å². The number of hydrogen-bond acceptors (Lipinski definition) is 4. The van der Waals surface area contributed by atoms with Crippen LogP contribution in [-0.4, -0.2) is 14.3 Å². The lowest BCUT2D eigenvalue weighted by Gasteiger charge is -2.04. The van der Waals surface area contributed by atoms with E-state index in [1.165, 1.54) is 6.07 Å². The molecule has 1 aromatic heterocycles. The molecular formula is C11H14ClNO3S2. The van der Waals surface area contributed by atoms with E-state index in [9.17, 15) is 13.2 Å². The maximum absolute atomic E-state index is 11.7. The van der Waals surface area contributed by atoms with Crippen LogP contribution in [0.2, 0.25) is 0 Å². The molecule has 1 atom stereocenters. The third-order valence-electron chi connectivity index (χ3n) is 3.14. The molecule has 7 heteroatoms. The summed E-state index contributed by atoms with van der Waals surface area (Å²) in [6.45, 7) is 4.46. The monoisotopic (exact) mass is 307 g/mol. The highest BCUT2D eigenvalue weighted by atomic mass is 35.7. The van der Waals surface area contributed by atoms with Crippen molar-refractivity contribution in [2.75, 3.05) is 0 Å². The molecule has 0 saturated heterocycles. The molecule has 0 radical (unpaired) electrons. The van der Waals surface area contributed by atoms with Crippen molar-refractivity contribution >= 4 is 37.0 Å². The molecule has 0 aromatic carbocycles. The molecular weight excluding hydrogens is 294 g/mol. The minimum Gasteiger partial charge on any atom is -0.351 e. The molecule has 1 saturated carbocycles. The summed E-state index contributed by atoms with van der Waals surface area (Å²) in [4.78, 5) is 12.5. The summed E-state index contributed by atoms with van der Waals surface area (Å²) >= 11 is 1.08. The molecule has 1 N–H and O–H groups in total. The standard InChI is InChI=1S/C11H14ClNO3S2/c1-11(2)5-8(11)10(14)13-6-7-3-4-9(17-7)18(12,15)16/h3-4,8H,5-6H2,1-2H3,(H,13,14). The molecule has 1 fully saturated rings. The molecule has 1 aliphatic carbocycles. The first-order chi connectivity index (χ1) is 8.20. The van der Waals surface area contributed by atoms with E-state index in [0.717, 1.165) is 22.6 Å². The summed E-state index contributed by atoms with van der Waals surface area (Å²) in [6.07, 6.45) is 0.907. The second-order valence-corrected chi connectivity index (χ2v) is 9.08. The van der Waals surface area contributed by atoms with E-state index < -0.39 is 9.05 Å². The van der Waals surface area contributed by atoms with Crippen LogP contribution >= 0.6 is 22.0 Å². The van der Waals surface area contributed by atoms with Crippen molar-refractivity contribution in [2.45, 2.75) is 31.0 Å². The summed E-state index contributed by atoms with van der Waals surface area (Å²) in [5, 5.41) is 2.81. The van der Waals surface area contributed by atoms with Crippen LogP contribution in [0.5, 0.6) is 0 Å². The zero-order valence-electron chi connectivity index (χ0n) is 10.1. The quantitative estimate of drug-likeness (QED) is 0.868. The predicted molar refractivity (Wildman–Crippen MR) is 71.1 cm³/mol. The molecule has 1 heterocycles. The van der Waals surface area contributed by atoms with Gasteiger partial charge in [0.2, 0.25) is 5.91 Å². The van der Waals surface area contributed by atoms with Crippen LogP contribution in [0.15, 0.2) is 16.3 Å². The maximum atomic E-state index is 11.7. The van der Waals surface area contributed by atoms with E-state index in [-0.39, 0.29) is 21.4 Å². The number of halogens is 1. The molecule has 1 unspecified atom stereocenters. The summed E-state index contributed by atoms with van der Waals surface area (Å²) in [5.74, 6) is 0.109. The van der Waals surface area contributed by atoms with Gasteiger partial charge in [-0.1, -0.05) is 13.8 Å². The van der Waals surface area contributed by atoms with Gasteiger partial charge in [-0.2, -0.15) is 0 Å². The van der Waals surface area contributed by atoms with Gasteiger partial charge in [0.15, 0.2) is 0 Å². The molecule has 2 rings (SSSR count). The van der Waals surface area contributed by atoms with E-state index in [1.807, 2.05) is 0 Å². The van der Waals surface area contributed by atoms with Gasteiger partial charge in [0.1, 0.15) is 4.21 Å². The Hall–Kier alpha value is -0.590. The van der Waals surface area contributed by atoms with E-state index in [0.29, 0.717) is 6.54 Å². The Morgan fingerprint density at radius 1 is 1.56 bits per heavy atom. The van der Waals surface area contributed by atoms with Gasteiger partial charge in [-0.25, -0.2) is 8.42 Å². The molecule has 18 heavy (non-hydrogen) atoms. The predicted octanol–water partition coefficient (Wildman–Crippen LogP) is 2.34. The molecule has 4 nitrogen and oxygen atoms in total. The van der Waals surface area contributed by atoms with Crippen molar-refractivity contribution < 1.29 is 13.2 Å². The van der Waals surface area contributed by atoms with Crippen molar-refractivity contribution in [2.24, 2.45) is 11.3 Å². The molecule has 1 amide bonds. The van der Waals surface area contributed by atoms with Gasteiger partial charge in [0.25, 0.3) is 9.05 Å². The third-order valence-corrected chi connectivity index (χ3v) is 6.32. The van der Waals surface area contributed by atoms with Gasteiger partial charge in [-0.3, -0.25) is 4.79 Å². The summed E-state index contributed by atoms with van der Waals surface area (Å²) in [6, 6.07) is 3.12. The number of nitrogens with one attached hydrogen (secondary N) is 1. The maximum Gasteiger partial charge on any atom is 0.270 e. The van der Waals surface area contributed by atoms with Crippen molar-refractivity contribution in [3.05, 3.63) is 17.0 Å². The summed E-state index contributed by atoms with van der Waals surface area (Å²) < 4.78 is 22.3. The molecule has 0 bridgehead atoms. The third kappa shape index (κ3) is 3.05. The number of carbonyl (C=O) groups excluding carboxylic acids is 1. The summed E-state index contributed by atoms with van der Waals surface area (Å²) in [5.41, 5.74) is 0.101. The fourth-order valence-electron chi connectivity index (χ4n) is 1.80. The van der Waals surface area contributed by atoms with E-state index in [4.69, 9.17) is 10.7 Å².